The van der Waals surface area contributed by atoms with Gasteiger partial charge in [0.1, 0.15) is 21.3 Å². The van der Waals surface area contributed by atoms with E-state index in [-0.39, 0.29) is 11.8 Å². The topological polar surface area (TPSA) is 64.6 Å². The Morgan fingerprint density at radius 3 is 2.11 bits per heavy atom. The lowest BCUT2D eigenvalue weighted by molar-refractivity contribution is 0.372. The second-order valence-electron chi connectivity index (χ2n) is 4.34. The Kier molecular flexibility index (Phi) is 5.62. The molecular weight excluding hydrogens is 266 g/mol. The molecule has 0 aliphatic heterocycles. The number of hydrogen-bond acceptors (Lipinski definition) is 5. The predicted molar refractivity (Wildman–Crippen MR) is 75.7 cm³/mol. The van der Waals surface area contributed by atoms with Gasteiger partial charge >= 0.3 is 0 Å². The van der Waals surface area contributed by atoms with Crippen molar-refractivity contribution in [1.82, 2.24) is 5.32 Å². The molecule has 0 fully saturated rings. The van der Waals surface area contributed by atoms with Gasteiger partial charge < -0.3 is 14.8 Å². The van der Waals surface area contributed by atoms with Crippen LogP contribution in [0, 0.1) is 0 Å². The molecule has 0 heterocycles. The van der Waals surface area contributed by atoms with E-state index in [1.54, 1.807) is 21.3 Å². The molecule has 0 aliphatic rings. The maximum absolute atomic E-state index is 11.3. The number of ether oxygens (including phenoxy) is 2. The van der Waals surface area contributed by atoms with Gasteiger partial charge in [-0.1, -0.05) is 6.07 Å². The predicted octanol–water partition coefficient (Wildman–Crippen LogP) is 1.40. The largest absolute Gasteiger partial charge is 0.496 e. The number of rotatable bonds is 7. The third-order valence-electron chi connectivity index (χ3n) is 2.94. The first-order valence-corrected chi connectivity index (χ1v) is 8.05. The van der Waals surface area contributed by atoms with E-state index in [1.165, 1.54) is 6.26 Å². The average molecular weight is 287 g/mol. The van der Waals surface area contributed by atoms with Crippen LogP contribution in [0.5, 0.6) is 11.5 Å². The van der Waals surface area contributed by atoms with Crippen molar-refractivity contribution >= 4 is 9.84 Å². The van der Waals surface area contributed by atoms with Crippen LogP contribution in [0.2, 0.25) is 0 Å². The lowest BCUT2D eigenvalue weighted by Crippen LogP contribution is -2.21. The van der Waals surface area contributed by atoms with Crippen molar-refractivity contribution < 1.29 is 17.9 Å². The molecule has 0 spiro atoms. The Morgan fingerprint density at radius 1 is 1.21 bits per heavy atom. The molecule has 0 amide bonds. The summed E-state index contributed by atoms with van der Waals surface area (Å²) in [7, 11) is 1.96. The molecule has 6 heteroatoms. The lowest BCUT2D eigenvalue weighted by Gasteiger charge is -2.21. The van der Waals surface area contributed by atoms with E-state index in [0.29, 0.717) is 17.9 Å². The van der Waals surface area contributed by atoms with Crippen molar-refractivity contribution in [2.75, 3.05) is 33.3 Å². The Morgan fingerprint density at radius 2 is 1.74 bits per heavy atom. The molecule has 1 aromatic rings. The van der Waals surface area contributed by atoms with Gasteiger partial charge in [-0.05, 0) is 25.6 Å². The Balaban J connectivity index is 3.09. The molecule has 0 bridgehead atoms. The van der Waals surface area contributed by atoms with Crippen LogP contribution < -0.4 is 14.8 Å². The summed E-state index contributed by atoms with van der Waals surface area (Å²) in [5, 5.41) is 3.12. The quantitative estimate of drug-likeness (QED) is 0.821. The maximum atomic E-state index is 11.3. The van der Waals surface area contributed by atoms with Crippen LogP contribution in [0.1, 0.15) is 18.0 Å². The molecule has 0 saturated heterocycles. The number of benzene rings is 1. The maximum Gasteiger partial charge on any atom is 0.147 e. The van der Waals surface area contributed by atoms with Crippen molar-refractivity contribution in [3.8, 4) is 11.5 Å². The monoisotopic (exact) mass is 287 g/mol. The van der Waals surface area contributed by atoms with Crippen LogP contribution in [0.4, 0.5) is 0 Å². The van der Waals surface area contributed by atoms with Crippen LogP contribution in [-0.2, 0) is 9.84 Å². The number of methoxy groups -OCH3 is 2. The first-order valence-electron chi connectivity index (χ1n) is 5.98. The molecule has 1 N–H and O–H groups in total. The molecule has 1 atom stereocenters. The highest BCUT2D eigenvalue weighted by Crippen LogP contribution is 2.35. The molecule has 19 heavy (non-hydrogen) atoms. The highest BCUT2D eigenvalue weighted by Gasteiger charge is 2.20. The summed E-state index contributed by atoms with van der Waals surface area (Å²) >= 11 is 0. The van der Waals surface area contributed by atoms with Crippen molar-refractivity contribution in [3.63, 3.8) is 0 Å². The van der Waals surface area contributed by atoms with Crippen LogP contribution in [0.25, 0.3) is 0 Å². The van der Waals surface area contributed by atoms with Crippen LogP contribution in [-0.4, -0.2) is 41.7 Å². The highest BCUT2D eigenvalue weighted by atomic mass is 32.2. The van der Waals surface area contributed by atoms with Crippen LogP contribution in [0.15, 0.2) is 18.2 Å². The fraction of sp³-hybridized carbons (Fsp3) is 0.538. The SMILES string of the molecule is CNC(CCS(C)(=O)=O)c1c(OC)cccc1OC. The second-order valence-corrected chi connectivity index (χ2v) is 6.60. The molecule has 1 aromatic carbocycles. The second kappa shape index (κ2) is 6.77. The summed E-state index contributed by atoms with van der Waals surface area (Å²) in [4.78, 5) is 0. The smallest absolute Gasteiger partial charge is 0.147 e. The van der Waals surface area contributed by atoms with E-state index in [1.807, 2.05) is 18.2 Å². The van der Waals surface area contributed by atoms with Gasteiger partial charge in [-0.2, -0.15) is 0 Å². The summed E-state index contributed by atoms with van der Waals surface area (Å²) in [5.74, 6) is 1.49. The molecule has 1 rings (SSSR count). The Bertz CT molecular complexity index is 491. The van der Waals surface area contributed by atoms with Gasteiger partial charge in [0.2, 0.25) is 0 Å². The number of sulfone groups is 1. The minimum Gasteiger partial charge on any atom is -0.496 e. The van der Waals surface area contributed by atoms with E-state index in [9.17, 15) is 8.42 Å². The van der Waals surface area contributed by atoms with E-state index >= 15 is 0 Å². The van der Waals surface area contributed by atoms with E-state index in [4.69, 9.17) is 9.47 Å². The first kappa shape index (κ1) is 15.8. The average Bonchev–Trinajstić information content (AvgIpc) is 2.38. The normalized spacial score (nSPS) is 13.1. The summed E-state index contributed by atoms with van der Waals surface area (Å²) in [6.07, 6.45) is 1.70. The van der Waals surface area contributed by atoms with Crippen molar-refractivity contribution in [2.24, 2.45) is 0 Å². The van der Waals surface area contributed by atoms with Crippen LogP contribution in [0.3, 0.4) is 0 Å². The van der Waals surface area contributed by atoms with E-state index in [0.717, 1.165) is 5.56 Å². The first-order chi connectivity index (χ1) is 8.92. The zero-order valence-electron chi connectivity index (χ0n) is 11.8. The van der Waals surface area contributed by atoms with Gasteiger partial charge in [-0.3, -0.25) is 0 Å². The van der Waals surface area contributed by atoms with Gasteiger partial charge in [0.25, 0.3) is 0 Å². The Hall–Kier alpha value is -1.27. The van der Waals surface area contributed by atoms with Gasteiger partial charge in [0.15, 0.2) is 0 Å². The minimum absolute atomic E-state index is 0.111. The molecule has 0 radical (unpaired) electrons. The molecule has 0 aromatic heterocycles. The van der Waals surface area contributed by atoms with Crippen LogP contribution >= 0.6 is 0 Å². The fourth-order valence-corrected chi connectivity index (χ4v) is 2.65. The van der Waals surface area contributed by atoms with Gasteiger partial charge in [-0.25, -0.2) is 8.42 Å². The zero-order chi connectivity index (χ0) is 14.5. The minimum atomic E-state index is -3.00. The molecule has 108 valence electrons. The van der Waals surface area contributed by atoms with Crippen molar-refractivity contribution in [3.05, 3.63) is 23.8 Å². The zero-order valence-corrected chi connectivity index (χ0v) is 12.6. The van der Waals surface area contributed by atoms with Crippen molar-refractivity contribution in [2.45, 2.75) is 12.5 Å². The highest BCUT2D eigenvalue weighted by molar-refractivity contribution is 7.90. The third kappa shape index (κ3) is 4.40. The standard InChI is InChI=1S/C13H21NO4S/c1-14-10(8-9-19(4,15)16)13-11(17-2)6-5-7-12(13)18-3/h5-7,10,14H,8-9H2,1-4H3. The number of hydrogen-bond donors (Lipinski definition) is 1. The van der Waals surface area contributed by atoms with E-state index < -0.39 is 9.84 Å². The van der Waals surface area contributed by atoms with E-state index in [2.05, 4.69) is 5.32 Å². The molecule has 0 aliphatic carbocycles. The summed E-state index contributed by atoms with van der Waals surface area (Å²) in [6.45, 7) is 0. The third-order valence-corrected chi connectivity index (χ3v) is 3.92. The molecular formula is C13H21NO4S. The fourth-order valence-electron chi connectivity index (χ4n) is 1.99. The summed E-state index contributed by atoms with van der Waals surface area (Å²) in [6, 6.07) is 5.37. The van der Waals surface area contributed by atoms with Gasteiger partial charge in [0, 0.05) is 12.3 Å². The lowest BCUT2D eigenvalue weighted by atomic mass is 10.0. The molecule has 5 nitrogen and oxygen atoms in total. The summed E-state index contributed by atoms with van der Waals surface area (Å²) < 4.78 is 33.3. The molecule has 0 saturated carbocycles. The van der Waals surface area contributed by atoms with Crippen molar-refractivity contribution in [1.29, 1.82) is 0 Å². The summed E-state index contributed by atoms with van der Waals surface area (Å²) in [5.41, 5.74) is 0.846. The Labute approximate surface area is 114 Å². The van der Waals surface area contributed by atoms with Gasteiger partial charge in [0.05, 0.1) is 25.5 Å². The molecule has 1 unspecified atom stereocenters. The number of nitrogens with one attached hydrogen (secondary N) is 1. The van der Waals surface area contributed by atoms with Gasteiger partial charge in [-0.15, -0.1) is 0 Å².